The lowest BCUT2D eigenvalue weighted by Crippen LogP contribution is -2.44. The molecule has 1 amide bonds. The largest absolute Gasteiger partial charge is 0.351 e. The molecule has 0 aromatic heterocycles. The minimum absolute atomic E-state index is 0.0781. The fourth-order valence-corrected chi connectivity index (χ4v) is 3.55. The van der Waals surface area contributed by atoms with Gasteiger partial charge in [-0.05, 0) is 39.0 Å². The summed E-state index contributed by atoms with van der Waals surface area (Å²) in [4.78, 5) is 12.0. The number of carbonyl (C=O) groups is 1. The number of carbonyl (C=O) groups excluding carboxylic acids is 1. The van der Waals surface area contributed by atoms with Crippen molar-refractivity contribution in [1.82, 2.24) is 5.32 Å². The lowest BCUT2D eigenvalue weighted by atomic mass is 9.95. The molecule has 0 saturated heterocycles. The van der Waals surface area contributed by atoms with Crippen LogP contribution in [0, 0.1) is 5.92 Å². The smallest absolute Gasteiger partial charge is 0.220 e. The molecular formula is C14H26BrNO. The lowest BCUT2D eigenvalue weighted by molar-refractivity contribution is -0.123. The molecule has 0 spiro atoms. The molecule has 100 valence electrons. The van der Waals surface area contributed by atoms with Gasteiger partial charge in [-0.1, -0.05) is 41.6 Å². The van der Waals surface area contributed by atoms with Crippen LogP contribution in [0.4, 0.5) is 0 Å². The Hall–Kier alpha value is -0.0500. The number of halogens is 1. The average molecular weight is 304 g/mol. The molecule has 0 aromatic rings. The van der Waals surface area contributed by atoms with Gasteiger partial charge in [0.25, 0.3) is 0 Å². The Labute approximate surface area is 114 Å². The predicted octanol–water partition coefficient (Wildman–Crippen LogP) is 4.03. The van der Waals surface area contributed by atoms with Crippen LogP contribution in [0.5, 0.6) is 0 Å². The first-order chi connectivity index (χ1) is 8.03. The molecule has 2 nitrogen and oxygen atoms in total. The van der Waals surface area contributed by atoms with Gasteiger partial charge in [0.15, 0.2) is 0 Å². The number of rotatable bonds is 5. The van der Waals surface area contributed by atoms with Crippen LogP contribution in [0.2, 0.25) is 0 Å². The normalized spacial score (nSPS) is 18.8. The Bertz CT molecular complexity index is 232. The molecule has 17 heavy (non-hydrogen) atoms. The second-order valence-corrected chi connectivity index (χ2v) is 6.73. The first-order valence-electron chi connectivity index (χ1n) is 6.90. The molecule has 1 N–H and O–H groups in total. The first-order valence-corrected chi connectivity index (χ1v) is 8.02. The van der Waals surface area contributed by atoms with Crippen LogP contribution >= 0.6 is 15.9 Å². The molecular weight excluding hydrogens is 278 g/mol. The molecule has 0 atom stereocenters. The van der Waals surface area contributed by atoms with Crippen LogP contribution in [0.25, 0.3) is 0 Å². The fraction of sp³-hybridized carbons (Fsp3) is 0.929. The molecule has 0 unspecified atom stereocenters. The van der Waals surface area contributed by atoms with Crippen LogP contribution in [-0.4, -0.2) is 16.8 Å². The van der Waals surface area contributed by atoms with Crippen molar-refractivity contribution in [2.45, 2.75) is 70.8 Å². The maximum Gasteiger partial charge on any atom is 0.220 e. The third-order valence-corrected chi connectivity index (χ3v) is 4.04. The Kier molecular flexibility index (Phi) is 6.53. The van der Waals surface area contributed by atoms with Crippen LogP contribution < -0.4 is 5.32 Å². The first kappa shape index (κ1) is 15.0. The Balaban J connectivity index is 2.32. The van der Waals surface area contributed by atoms with Gasteiger partial charge in [-0.3, -0.25) is 4.79 Å². The van der Waals surface area contributed by atoms with Gasteiger partial charge in [0.1, 0.15) is 0 Å². The van der Waals surface area contributed by atoms with Crippen LogP contribution in [0.1, 0.15) is 65.2 Å². The zero-order chi connectivity index (χ0) is 12.7. The Morgan fingerprint density at radius 2 is 1.82 bits per heavy atom. The molecule has 0 heterocycles. The van der Waals surface area contributed by atoms with Gasteiger partial charge in [-0.2, -0.15) is 0 Å². The van der Waals surface area contributed by atoms with E-state index in [1.54, 1.807) is 0 Å². The number of alkyl halides is 1. The molecule has 1 saturated carbocycles. The van der Waals surface area contributed by atoms with E-state index in [2.05, 4.69) is 35.1 Å². The van der Waals surface area contributed by atoms with Gasteiger partial charge in [0.05, 0.1) is 0 Å². The highest BCUT2D eigenvalue weighted by molar-refractivity contribution is 9.09. The van der Waals surface area contributed by atoms with Crippen molar-refractivity contribution in [1.29, 1.82) is 0 Å². The second-order valence-electron chi connectivity index (χ2n) is 5.93. The van der Waals surface area contributed by atoms with Crippen molar-refractivity contribution in [3.8, 4) is 0 Å². The number of hydrogen-bond acceptors (Lipinski definition) is 1. The van der Waals surface area contributed by atoms with Crippen molar-refractivity contribution >= 4 is 21.8 Å². The van der Waals surface area contributed by atoms with Gasteiger partial charge in [-0.25, -0.2) is 0 Å². The van der Waals surface area contributed by atoms with Crippen LogP contribution in [0.3, 0.4) is 0 Å². The second kappa shape index (κ2) is 7.40. The minimum Gasteiger partial charge on any atom is -0.351 e. The summed E-state index contributed by atoms with van der Waals surface area (Å²) < 4.78 is 0. The molecule has 1 fully saturated rings. The van der Waals surface area contributed by atoms with Gasteiger partial charge in [-0.15, -0.1) is 0 Å². The highest BCUT2D eigenvalue weighted by Crippen LogP contribution is 2.25. The summed E-state index contributed by atoms with van der Waals surface area (Å²) in [6, 6.07) is 0. The summed E-state index contributed by atoms with van der Waals surface area (Å²) in [7, 11) is 0. The molecule has 3 heteroatoms. The lowest BCUT2D eigenvalue weighted by Gasteiger charge is -2.26. The maximum absolute atomic E-state index is 12.0. The van der Waals surface area contributed by atoms with Crippen molar-refractivity contribution in [3.05, 3.63) is 0 Å². The van der Waals surface area contributed by atoms with E-state index >= 15 is 0 Å². The van der Waals surface area contributed by atoms with E-state index < -0.39 is 0 Å². The van der Waals surface area contributed by atoms with Crippen molar-refractivity contribution in [3.63, 3.8) is 0 Å². The van der Waals surface area contributed by atoms with E-state index in [0.717, 1.165) is 18.2 Å². The summed E-state index contributed by atoms with van der Waals surface area (Å²) in [6.45, 7) is 4.19. The average Bonchev–Trinajstić information content (AvgIpc) is 2.44. The van der Waals surface area contributed by atoms with E-state index in [9.17, 15) is 4.79 Å². The molecule has 1 aliphatic rings. The van der Waals surface area contributed by atoms with Gasteiger partial charge in [0, 0.05) is 17.3 Å². The van der Waals surface area contributed by atoms with E-state index in [1.165, 1.54) is 38.5 Å². The molecule has 0 aliphatic heterocycles. The number of nitrogens with one attached hydrogen (secondary N) is 1. The number of amides is 1. The predicted molar refractivity (Wildman–Crippen MR) is 76.4 cm³/mol. The third-order valence-electron chi connectivity index (χ3n) is 3.65. The zero-order valence-electron chi connectivity index (χ0n) is 11.2. The van der Waals surface area contributed by atoms with E-state index in [0.29, 0.717) is 5.92 Å². The maximum atomic E-state index is 12.0. The van der Waals surface area contributed by atoms with Crippen LogP contribution in [-0.2, 0) is 4.79 Å². The topological polar surface area (TPSA) is 29.1 Å². The standard InChI is InChI=1S/C14H26BrNO/c1-14(2,9-10-15)16-13(17)11-12-7-5-3-4-6-8-12/h12H,3-11H2,1-2H3,(H,16,17). The molecule has 0 aromatic carbocycles. The summed E-state index contributed by atoms with van der Waals surface area (Å²) in [5.74, 6) is 0.861. The Morgan fingerprint density at radius 1 is 1.24 bits per heavy atom. The number of hydrogen-bond donors (Lipinski definition) is 1. The van der Waals surface area contributed by atoms with Crippen molar-refractivity contribution in [2.75, 3.05) is 5.33 Å². The molecule has 1 rings (SSSR count). The Morgan fingerprint density at radius 3 is 2.35 bits per heavy atom. The monoisotopic (exact) mass is 303 g/mol. The van der Waals surface area contributed by atoms with Crippen molar-refractivity contribution < 1.29 is 4.79 Å². The van der Waals surface area contributed by atoms with Gasteiger partial charge < -0.3 is 5.32 Å². The molecule has 0 bridgehead atoms. The summed E-state index contributed by atoms with van der Waals surface area (Å²) >= 11 is 3.43. The fourth-order valence-electron chi connectivity index (χ4n) is 2.56. The highest BCUT2D eigenvalue weighted by Gasteiger charge is 2.22. The summed E-state index contributed by atoms with van der Waals surface area (Å²) in [6.07, 6.45) is 9.51. The SMILES string of the molecule is CC(C)(CCBr)NC(=O)CC1CCCCCC1. The van der Waals surface area contributed by atoms with E-state index in [1.807, 2.05) is 0 Å². The molecule has 0 radical (unpaired) electrons. The van der Waals surface area contributed by atoms with E-state index in [4.69, 9.17) is 0 Å². The zero-order valence-corrected chi connectivity index (χ0v) is 12.8. The van der Waals surface area contributed by atoms with E-state index in [-0.39, 0.29) is 11.4 Å². The highest BCUT2D eigenvalue weighted by atomic mass is 79.9. The van der Waals surface area contributed by atoms with Crippen LogP contribution in [0.15, 0.2) is 0 Å². The van der Waals surface area contributed by atoms with Gasteiger partial charge >= 0.3 is 0 Å². The van der Waals surface area contributed by atoms with Crippen molar-refractivity contribution in [2.24, 2.45) is 5.92 Å². The van der Waals surface area contributed by atoms with Gasteiger partial charge in [0.2, 0.25) is 5.91 Å². The third kappa shape index (κ3) is 6.44. The quantitative estimate of drug-likeness (QED) is 0.603. The summed E-state index contributed by atoms with van der Waals surface area (Å²) in [5, 5.41) is 4.09. The molecule has 1 aliphatic carbocycles. The minimum atomic E-state index is -0.0781. The summed E-state index contributed by atoms with van der Waals surface area (Å²) in [5.41, 5.74) is -0.0781.